The van der Waals surface area contributed by atoms with Gasteiger partial charge in [-0.15, -0.1) is 0 Å². The summed E-state index contributed by atoms with van der Waals surface area (Å²) in [5, 5.41) is 11.6. The molecule has 0 radical (unpaired) electrons. The lowest BCUT2D eigenvalue weighted by Gasteiger charge is -2.25. The fourth-order valence-corrected chi connectivity index (χ4v) is 2.52. The standard InChI is InChI=1S/C16H23N3O3/c1-16(2,8-7-14(20)21)18-15(22)12-5-6-13(17-11-12)19-9-3-4-10-19/h5-6,11H,3-4,7-10H2,1-2H3,(H,18,22)(H,20,21). The molecule has 22 heavy (non-hydrogen) atoms. The highest BCUT2D eigenvalue weighted by molar-refractivity contribution is 5.94. The number of amides is 1. The van der Waals surface area contributed by atoms with Gasteiger partial charge in [0.1, 0.15) is 5.82 Å². The number of hydrogen-bond donors (Lipinski definition) is 2. The first kappa shape index (κ1) is 16.3. The molecular formula is C16H23N3O3. The van der Waals surface area contributed by atoms with Crippen molar-refractivity contribution in [3.05, 3.63) is 23.9 Å². The normalized spacial score (nSPS) is 14.9. The summed E-state index contributed by atoms with van der Waals surface area (Å²) in [5.41, 5.74) is -0.0744. The molecule has 0 aliphatic carbocycles. The summed E-state index contributed by atoms with van der Waals surface area (Å²) in [6, 6.07) is 3.63. The maximum Gasteiger partial charge on any atom is 0.303 e. The van der Waals surface area contributed by atoms with E-state index in [0.717, 1.165) is 18.9 Å². The molecule has 2 rings (SSSR count). The molecule has 0 atom stereocenters. The first-order chi connectivity index (χ1) is 10.4. The Kier molecular flexibility index (Phi) is 5.00. The number of nitrogens with zero attached hydrogens (tertiary/aromatic N) is 2. The molecule has 2 heterocycles. The average Bonchev–Trinajstić information content (AvgIpc) is 2.99. The van der Waals surface area contributed by atoms with Crippen LogP contribution in [0.1, 0.15) is 49.9 Å². The van der Waals surface area contributed by atoms with Crippen molar-refractivity contribution in [3.8, 4) is 0 Å². The minimum absolute atomic E-state index is 0.0272. The molecule has 1 aliphatic heterocycles. The molecule has 0 bridgehead atoms. The molecule has 0 saturated carbocycles. The summed E-state index contributed by atoms with van der Waals surface area (Å²) in [6.45, 7) is 5.67. The Hall–Kier alpha value is -2.11. The van der Waals surface area contributed by atoms with Gasteiger partial charge < -0.3 is 15.3 Å². The zero-order chi connectivity index (χ0) is 16.2. The topological polar surface area (TPSA) is 82.5 Å². The number of carbonyl (C=O) groups is 2. The number of nitrogens with one attached hydrogen (secondary N) is 1. The van der Waals surface area contributed by atoms with Crippen LogP contribution in [0, 0.1) is 0 Å². The van der Waals surface area contributed by atoms with Gasteiger partial charge in [-0.1, -0.05) is 0 Å². The fourth-order valence-electron chi connectivity index (χ4n) is 2.52. The molecule has 1 fully saturated rings. The van der Waals surface area contributed by atoms with Crippen LogP contribution in [0.3, 0.4) is 0 Å². The lowest BCUT2D eigenvalue weighted by atomic mass is 9.98. The van der Waals surface area contributed by atoms with Crippen LogP contribution in [0.2, 0.25) is 0 Å². The molecule has 1 aromatic heterocycles. The number of carboxylic acid groups (broad SMARTS) is 1. The Morgan fingerprint density at radius 1 is 1.32 bits per heavy atom. The van der Waals surface area contributed by atoms with Crippen molar-refractivity contribution in [1.29, 1.82) is 0 Å². The van der Waals surface area contributed by atoms with Gasteiger partial charge in [-0.25, -0.2) is 4.98 Å². The number of pyridine rings is 1. The molecule has 0 spiro atoms. The Morgan fingerprint density at radius 3 is 2.55 bits per heavy atom. The van der Waals surface area contributed by atoms with Gasteiger partial charge in [0.2, 0.25) is 0 Å². The molecule has 120 valence electrons. The summed E-state index contributed by atoms with van der Waals surface area (Å²) in [4.78, 5) is 29.4. The Labute approximate surface area is 130 Å². The lowest BCUT2D eigenvalue weighted by Crippen LogP contribution is -2.43. The third-order valence-corrected chi connectivity index (χ3v) is 3.86. The Balaban J connectivity index is 1.95. The number of hydrogen-bond acceptors (Lipinski definition) is 4. The van der Waals surface area contributed by atoms with Gasteiger partial charge >= 0.3 is 5.97 Å². The van der Waals surface area contributed by atoms with E-state index in [1.54, 1.807) is 12.3 Å². The van der Waals surface area contributed by atoms with Crippen LogP contribution in [0.4, 0.5) is 5.82 Å². The average molecular weight is 305 g/mol. The van der Waals surface area contributed by atoms with E-state index in [9.17, 15) is 9.59 Å². The molecule has 2 N–H and O–H groups in total. The number of aromatic nitrogens is 1. The lowest BCUT2D eigenvalue weighted by molar-refractivity contribution is -0.137. The monoisotopic (exact) mass is 305 g/mol. The zero-order valence-electron chi connectivity index (χ0n) is 13.1. The minimum Gasteiger partial charge on any atom is -0.481 e. The number of anilines is 1. The van der Waals surface area contributed by atoms with Crippen LogP contribution in [0.15, 0.2) is 18.3 Å². The molecule has 1 saturated heterocycles. The maximum absolute atomic E-state index is 12.2. The second-order valence-electron chi connectivity index (χ2n) is 6.33. The van der Waals surface area contributed by atoms with Gasteiger partial charge in [-0.05, 0) is 45.2 Å². The van der Waals surface area contributed by atoms with E-state index >= 15 is 0 Å². The van der Waals surface area contributed by atoms with Crippen LogP contribution in [0.5, 0.6) is 0 Å². The van der Waals surface area contributed by atoms with Gasteiger partial charge in [0, 0.05) is 31.2 Å². The van der Waals surface area contributed by atoms with Crippen LogP contribution < -0.4 is 10.2 Å². The van der Waals surface area contributed by atoms with Crippen molar-refractivity contribution in [3.63, 3.8) is 0 Å². The van der Waals surface area contributed by atoms with Crippen molar-refractivity contribution in [2.45, 2.75) is 45.1 Å². The predicted octanol–water partition coefficient (Wildman–Crippen LogP) is 2.05. The van der Waals surface area contributed by atoms with Crippen LogP contribution >= 0.6 is 0 Å². The van der Waals surface area contributed by atoms with Gasteiger partial charge in [0.05, 0.1) is 5.56 Å². The summed E-state index contributed by atoms with van der Waals surface area (Å²) in [5.74, 6) is -0.186. The molecular weight excluding hydrogens is 282 g/mol. The van der Waals surface area contributed by atoms with Crippen LogP contribution in [-0.4, -0.2) is 40.6 Å². The summed E-state index contributed by atoms with van der Waals surface area (Å²) >= 11 is 0. The maximum atomic E-state index is 12.2. The molecule has 6 heteroatoms. The number of aliphatic carboxylic acids is 1. The van der Waals surface area contributed by atoms with Gasteiger partial charge in [-0.3, -0.25) is 9.59 Å². The minimum atomic E-state index is -0.862. The van der Waals surface area contributed by atoms with E-state index in [0.29, 0.717) is 12.0 Å². The molecule has 1 amide bonds. The smallest absolute Gasteiger partial charge is 0.303 e. The number of carboxylic acids is 1. The third kappa shape index (κ3) is 4.44. The summed E-state index contributed by atoms with van der Waals surface area (Å²) < 4.78 is 0. The van der Waals surface area contributed by atoms with Crippen LogP contribution in [-0.2, 0) is 4.79 Å². The van der Waals surface area contributed by atoms with Crippen molar-refractivity contribution in [1.82, 2.24) is 10.3 Å². The molecule has 1 aliphatic rings. The van der Waals surface area contributed by atoms with E-state index in [2.05, 4.69) is 15.2 Å². The van der Waals surface area contributed by atoms with Crippen molar-refractivity contribution < 1.29 is 14.7 Å². The Bertz CT molecular complexity index is 534. The first-order valence-corrected chi connectivity index (χ1v) is 7.63. The second kappa shape index (κ2) is 6.77. The van der Waals surface area contributed by atoms with E-state index < -0.39 is 11.5 Å². The molecule has 0 unspecified atom stereocenters. The van der Waals surface area contributed by atoms with E-state index in [1.165, 1.54) is 12.8 Å². The molecule has 1 aromatic rings. The van der Waals surface area contributed by atoms with Gasteiger partial charge in [0.25, 0.3) is 5.91 Å². The first-order valence-electron chi connectivity index (χ1n) is 7.63. The largest absolute Gasteiger partial charge is 0.481 e. The van der Waals surface area contributed by atoms with E-state index in [1.807, 2.05) is 19.9 Å². The quantitative estimate of drug-likeness (QED) is 0.840. The number of rotatable bonds is 6. The zero-order valence-corrected chi connectivity index (χ0v) is 13.1. The fraction of sp³-hybridized carbons (Fsp3) is 0.562. The summed E-state index contributed by atoms with van der Waals surface area (Å²) in [6.07, 6.45) is 4.35. The van der Waals surface area contributed by atoms with Crippen LogP contribution in [0.25, 0.3) is 0 Å². The molecule has 0 aromatic carbocycles. The van der Waals surface area contributed by atoms with Crippen molar-refractivity contribution in [2.75, 3.05) is 18.0 Å². The SMILES string of the molecule is CC(C)(CCC(=O)O)NC(=O)c1ccc(N2CCCC2)nc1. The van der Waals surface area contributed by atoms with Gasteiger partial charge in [-0.2, -0.15) is 0 Å². The predicted molar refractivity (Wildman–Crippen MR) is 84.1 cm³/mol. The highest BCUT2D eigenvalue weighted by atomic mass is 16.4. The van der Waals surface area contributed by atoms with E-state index in [4.69, 9.17) is 5.11 Å². The highest BCUT2D eigenvalue weighted by Gasteiger charge is 2.22. The van der Waals surface area contributed by atoms with Crippen molar-refractivity contribution >= 4 is 17.7 Å². The second-order valence-corrected chi connectivity index (χ2v) is 6.33. The highest BCUT2D eigenvalue weighted by Crippen LogP contribution is 2.18. The number of carbonyl (C=O) groups excluding carboxylic acids is 1. The van der Waals surface area contributed by atoms with Gasteiger partial charge in [0.15, 0.2) is 0 Å². The van der Waals surface area contributed by atoms with Crippen molar-refractivity contribution in [2.24, 2.45) is 0 Å². The molecule has 6 nitrogen and oxygen atoms in total. The summed E-state index contributed by atoms with van der Waals surface area (Å²) in [7, 11) is 0. The Morgan fingerprint density at radius 2 is 2.00 bits per heavy atom. The van der Waals surface area contributed by atoms with E-state index in [-0.39, 0.29) is 12.3 Å². The third-order valence-electron chi connectivity index (χ3n) is 3.86.